The van der Waals surface area contributed by atoms with E-state index in [1.165, 1.54) is 34.9 Å². The lowest BCUT2D eigenvalue weighted by atomic mass is 10.2. The molecule has 10 heteroatoms. The number of rotatable bonds is 5. The number of thioether (sulfide) groups is 2. The van der Waals surface area contributed by atoms with Crippen molar-refractivity contribution in [3.8, 4) is 0 Å². The molecule has 2 atom stereocenters. The van der Waals surface area contributed by atoms with E-state index in [1.54, 1.807) is 6.92 Å². The molecular weight excluding hydrogens is 338 g/mol. The minimum absolute atomic E-state index is 0.0472. The van der Waals surface area contributed by atoms with Crippen molar-refractivity contribution in [2.24, 2.45) is 0 Å². The van der Waals surface area contributed by atoms with Crippen LogP contribution in [0, 0.1) is 0 Å². The molecule has 1 fully saturated rings. The van der Waals surface area contributed by atoms with E-state index in [0.717, 1.165) is 8.68 Å². The normalized spacial score (nSPS) is 22.6. The lowest BCUT2D eigenvalue weighted by molar-refractivity contribution is -0.120. The monoisotopic (exact) mass is 353 g/mol. The van der Waals surface area contributed by atoms with E-state index in [4.69, 9.17) is 0 Å². The molecule has 0 saturated carbocycles. The second-order valence-corrected chi connectivity index (χ2v) is 10.3. The molecule has 20 heavy (non-hydrogen) atoms. The summed E-state index contributed by atoms with van der Waals surface area (Å²) in [6.07, 6.45) is 2.42. The van der Waals surface area contributed by atoms with E-state index < -0.39 is 9.84 Å². The number of sulfone groups is 1. The first kappa shape index (κ1) is 16.1. The number of nitrogens with one attached hydrogen (secondary N) is 1. The second-order valence-electron chi connectivity index (χ2n) is 4.41. The molecule has 1 N–H and O–H groups in total. The lowest BCUT2D eigenvalue weighted by Gasteiger charge is -2.14. The van der Waals surface area contributed by atoms with Gasteiger partial charge in [-0.1, -0.05) is 34.9 Å². The van der Waals surface area contributed by atoms with E-state index in [-0.39, 0.29) is 28.7 Å². The Morgan fingerprint density at radius 1 is 1.45 bits per heavy atom. The van der Waals surface area contributed by atoms with E-state index in [1.807, 2.05) is 6.26 Å². The van der Waals surface area contributed by atoms with Gasteiger partial charge in [0.05, 0.1) is 16.8 Å². The highest BCUT2D eigenvalue weighted by Crippen LogP contribution is 2.30. The molecule has 1 aliphatic rings. The van der Waals surface area contributed by atoms with Gasteiger partial charge in [-0.3, -0.25) is 4.79 Å². The Labute approximate surface area is 130 Å². The van der Waals surface area contributed by atoms with E-state index in [2.05, 4.69) is 15.5 Å². The summed E-state index contributed by atoms with van der Waals surface area (Å²) in [6.45, 7) is 1.78. The maximum Gasteiger partial charge on any atom is 0.233 e. The largest absolute Gasteiger partial charge is 0.351 e. The summed E-state index contributed by atoms with van der Waals surface area (Å²) < 4.78 is 24.3. The fraction of sp³-hybridized carbons (Fsp3) is 0.700. The predicted molar refractivity (Wildman–Crippen MR) is 82.2 cm³/mol. The number of carbonyl (C=O) groups is 1. The van der Waals surface area contributed by atoms with Crippen molar-refractivity contribution in [3.05, 3.63) is 0 Å². The predicted octanol–water partition coefficient (Wildman–Crippen LogP) is 1.04. The zero-order chi connectivity index (χ0) is 14.8. The van der Waals surface area contributed by atoms with Gasteiger partial charge in [0.2, 0.25) is 5.91 Å². The van der Waals surface area contributed by atoms with Gasteiger partial charge >= 0.3 is 0 Å². The number of amides is 1. The highest BCUT2D eigenvalue weighted by Gasteiger charge is 2.30. The average Bonchev–Trinajstić information content (AvgIpc) is 2.95. The topological polar surface area (TPSA) is 89.0 Å². The van der Waals surface area contributed by atoms with Crippen molar-refractivity contribution in [2.75, 3.05) is 17.8 Å². The van der Waals surface area contributed by atoms with Crippen molar-refractivity contribution < 1.29 is 13.2 Å². The summed E-state index contributed by atoms with van der Waals surface area (Å²) in [7, 11) is -2.97. The Morgan fingerprint density at radius 3 is 2.70 bits per heavy atom. The Bertz CT molecular complexity index is 586. The molecule has 1 amide bonds. The molecule has 0 bridgehead atoms. The van der Waals surface area contributed by atoms with Crippen molar-refractivity contribution in [1.29, 1.82) is 0 Å². The minimum atomic E-state index is -2.97. The first-order valence-electron chi connectivity index (χ1n) is 5.94. The van der Waals surface area contributed by atoms with E-state index in [9.17, 15) is 13.2 Å². The average molecular weight is 354 g/mol. The van der Waals surface area contributed by atoms with Gasteiger partial charge in [0.1, 0.15) is 0 Å². The van der Waals surface area contributed by atoms with E-state index >= 15 is 0 Å². The molecule has 1 aromatic rings. The number of hydrogen-bond donors (Lipinski definition) is 1. The van der Waals surface area contributed by atoms with Gasteiger partial charge in [0, 0.05) is 6.04 Å². The van der Waals surface area contributed by atoms with Gasteiger partial charge in [-0.2, -0.15) is 0 Å². The third-order valence-electron chi connectivity index (χ3n) is 2.79. The third-order valence-corrected chi connectivity index (χ3v) is 7.64. The zero-order valence-corrected chi connectivity index (χ0v) is 14.3. The molecule has 0 spiro atoms. The first-order valence-corrected chi connectivity index (χ1v) is 10.7. The van der Waals surface area contributed by atoms with E-state index in [0.29, 0.717) is 6.42 Å². The van der Waals surface area contributed by atoms with Crippen LogP contribution < -0.4 is 5.32 Å². The van der Waals surface area contributed by atoms with Crippen molar-refractivity contribution in [3.63, 3.8) is 0 Å². The summed E-state index contributed by atoms with van der Waals surface area (Å²) in [5, 5.41) is 10.4. The maximum atomic E-state index is 12.0. The molecule has 1 aromatic heterocycles. The standard InChI is InChI=1S/C10H15N3O3S4/c1-6(18-10-13-12-9(17-2)19-10)8(14)11-7-3-4-20(15,16)5-7/h6-7H,3-5H2,1-2H3,(H,11,14)/t6-,7-/m1/s1. The first-order chi connectivity index (χ1) is 9.39. The van der Waals surface area contributed by atoms with Gasteiger partial charge in [0.25, 0.3) is 0 Å². The summed E-state index contributed by atoms with van der Waals surface area (Å²) >= 11 is 4.31. The fourth-order valence-corrected chi connectivity index (χ4v) is 6.02. The number of carbonyl (C=O) groups excluding carboxylic acids is 1. The molecule has 112 valence electrons. The van der Waals surface area contributed by atoms with Crippen molar-refractivity contribution in [1.82, 2.24) is 15.5 Å². The molecular formula is C10H15N3O3S4. The van der Waals surface area contributed by atoms with Crippen molar-refractivity contribution in [2.45, 2.75) is 33.3 Å². The smallest absolute Gasteiger partial charge is 0.233 e. The van der Waals surface area contributed by atoms with Gasteiger partial charge in [0.15, 0.2) is 18.5 Å². The van der Waals surface area contributed by atoms with Crippen LogP contribution in [0.15, 0.2) is 8.68 Å². The minimum Gasteiger partial charge on any atom is -0.351 e. The quantitative estimate of drug-likeness (QED) is 0.791. The third kappa shape index (κ3) is 4.34. The summed E-state index contributed by atoms with van der Waals surface area (Å²) in [5.41, 5.74) is 0. The fourth-order valence-electron chi connectivity index (χ4n) is 1.76. The van der Waals surface area contributed by atoms with Crippen LogP contribution in [0.5, 0.6) is 0 Å². The van der Waals surface area contributed by atoms with Crippen LogP contribution in [0.4, 0.5) is 0 Å². The van der Waals surface area contributed by atoms with Gasteiger partial charge in [-0.25, -0.2) is 8.42 Å². The summed E-state index contributed by atoms with van der Waals surface area (Å²) in [5.74, 6) is 0.0522. The van der Waals surface area contributed by atoms with Crippen LogP contribution in [0.1, 0.15) is 13.3 Å². The van der Waals surface area contributed by atoms with Gasteiger partial charge in [-0.05, 0) is 19.6 Å². The van der Waals surface area contributed by atoms with Crippen LogP contribution in [0.25, 0.3) is 0 Å². The highest BCUT2D eigenvalue weighted by molar-refractivity contribution is 8.03. The van der Waals surface area contributed by atoms with Crippen LogP contribution in [-0.4, -0.2) is 53.6 Å². The molecule has 0 aromatic carbocycles. The maximum absolute atomic E-state index is 12.0. The molecule has 1 saturated heterocycles. The molecule has 2 heterocycles. The molecule has 0 aliphatic carbocycles. The Hall–Kier alpha value is -0.320. The summed E-state index contributed by atoms with van der Waals surface area (Å²) in [4.78, 5) is 12.0. The summed E-state index contributed by atoms with van der Waals surface area (Å²) in [6, 6.07) is -0.258. The Morgan fingerprint density at radius 2 is 2.15 bits per heavy atom. The van der Waals surface area contributed by atoms with Crippen LogP contribution in [0.2, 0.25) is 0 Å². The molecule has 2 rings (SSSR count). The zero-order valence-electron chi connectivity index (χ0n) is 11.0. The van der Waals surface area contributed by atoms with Gasteiger partial charge in [-0.15, -0.1) is 10.2 Å². The Balaban J connectivity index is 1.86. The SMILES string of the molecule is CSc1nnc(S[C@H](C)C(=O)N[C@@H]2CCS(=O)(=O)C2)s1. The van der Waals surface area contributed by atoms with Gasteiger partial charge < -0.3 is 5.32 Å². The molecule has 0 radical (unpaired) electrons. The molecule has 6 nitrogen and oxygen atoms in total. The number of nitrogens with zero attached hydrogens (tertiary/aromatic N) is 2. The van der Waals surface area contributed by atoms with Crippen molar-refractivity contribution >= 4 is 50.6 Å². The number of aromatic nitrogens is 2. The molecule has 1 aliphatic heterocycles. The highest BCUT2D eigenvalue weighted by atomic mass is 32.2. The number of hydrogen-bond acceptors (Lipinski definition) is 8. The lowest BCUT2D eigenvalue weighted by Crippen LogP contribution is -2.39. The molecule has 0 unspecified atom stereocenters. The van der Waals surface area contributed by atoms with Crippen LogP contribution in [-0.2, 0) is 14.6 Å². The second kappa shape index (κ2) is 6.63. The van der Waals surface area contributed by atoms with Crippen LogP contribution >= 0.6 is 34.9 Å². The Kier molecular flexibility index (Phi) is 5.32. The van der Waals surface area contributed by atoms with Crippen LogP contribution in [0.3, 0.4) is 0 Å².